The van der Waals surface area contributed by atoms with Crippen LogP contribution in [0.4, 0.5) is 13.2 Å². The molecule has 2 unspecified atom stereocenters. The summed E-state index contributed by atoms with van der Waals surface area (Å²) in [7, 11) is 0. The van der Waals surface area contributed by atoms with Crippen LogP contribution in [0, 0.1) is 11.8 Å². The Morgan fingerprint density at radius 3 is 2.45 bits per heavy atom. The highest BCUT2D eigenvalue weighted by atomic mass is 19.4. The summed E-state index contributed by atoms with van der Waals surface area (Å²) >= 11 is 0. The van der Waals surface area contributed by atoms with Gasteiger partial charge >= 0.3 is 6.18 Å². The van der Waals surface area contributed by atoms with Crippen LogP contribution in [-0.4, -0.2) is 18.1 Å². The molecule has 1 aromatic rings. The molecule has 112 valence electrons. The van der Waals surface area contributed by atoms with Crippen LogP contribution < -0.4 is 10.5 Å². The van der Waals surface area contributed by atoms with Gasteiger partial charge in [0.2, 0.25) is 5.88 Å². The highest BCUT2D eigenvalue weighted by Crippen LogP contribution is 2.31. The fourth-order valence-corrected chi connectivity index (χ4v) is 2.64. The van der Waals surface area contributed by atoms with E-state index < -0.39 is 11.7 Å². The van der Waals surface area contributed by atoms with Crippen LogP contribution in [0.3, 0.4) is 0 Å². The Kier molecular flexibility index (Phi) is 4.86. The van der Waals surface area contributed by atoms with E-state index in [0.717, 1.165) is 31.5 Å². The maximum atomic E-state index is 12.4. The summed E-state index contributed by atoms with van der Waals surface area (Å²) in [6, 6.07) is 2.26. The molecule has 2 atom stereocenters. The molecular weight excluding hydrogens is 269 g/mol. The lowest BCUT2D eigenvalue weighted by molar-refractivity contribution is -0.137. The Labute approximate surface area is 116 Å². The van der Waals surface area contributed by atoms with E-state index >= 15 is 0 Å². The van der Waals surface area contributed by atoms with Crippen LogP contribution in [-0.2, 0) is 6.18 Å². The molecule has 20 heavy (non-hydrogen) atoms. The lowest BCUT2D eigenvalue weighted by Crippen LogP contribution is -2.30. The molecule has 3 nitrogen and oxygen atoms in total. The first-order valence-corrected chi connectivity index (χ1v) is 6.87. The van der Waals surface area contributed by atoms with Crippen LogP contribution in [0.2, 0.25) is 0 Å². The van der Waals surface area contributed by atoms with Gasteiger partial charge in [0.15, 0.2) is 0 Å². The van der Waals surface area contributed by atoms with Gasteiger partial charge in [-0.25, -0.2) is 4.98 Å². The molecular formula is C14H19F3N2O. The molecule has 0 aliphatic heterocycles. The number of hydrogen-bond acceptors (Lipinski definition) is 3. The number of nitrogens with zero attached hydrogens (tertiary/aromatic N) is 1. The van der Waals surface area contributed by atoms with Gasteiger partial charge in [-0.3, -0.25) is 0 Å². The predicted molar refractivity (Wildman–Crippen MR) is 69.2 cm³/mol. The van der Waals surface area contributed by atoms with Crippen molar-refractivity contribution in [3.63, 3.8) is 0 Å². The molecule has 2 N–H and O–H groups in total. The fourth-order valence-electron chi connectivity index (χ4n) is 2.64. The lowest BCUT2D eigenvalue weighted by Gasteiger charge is -2.30. The Morgan fingerprint density at radius 1 is 1.20 bits per heavy atom. The van der Waals surface area contributed by atoms with E-state index in [2.05, 4.69) is 4.98 Å². The molecule has 0 bridgehead atoms. The van der Waals surface area contributed by atoms with E-state index in [1.807, 2.05) is 0 Å². The largest absolute Gasteiger partial charge is 0.477 e. The van der Waals surface area contributed by atoms with Gasteiger partial charge in [-0.1, -0.05) is 12.8 Å². The first kappa shape index (κ1) is 15.1. The molecule has 1 heterocycles. The molecule has 0 amide bonds. The van der Waals surface area contributed by atoms with Gasteiger partial charge in [-0.05, 0) is 37.3 Å². The van der Waals surface area contributed by atoms with Crippen molar-refractivity contribution in [3.8, 4) is 5.88 Å². The van der Waals surface area contributed by atoms with E-state index in [1.165, 1.54) is 12.5 Å². The van der Waals surface area contributed by atoms with Crippen molar-refractivity contribution >= 4 is 0 Å². The summed E-state index contributed by atoms with van der Waals surface area (Å²) in [4.78, 5) is 3.71. The van der Waals surface area contributed by atoms with Crippen molar-refractivity contribution in [1.29, 1.82) is 0 Å². The van der Waals surface area contributed by atoms with Crippen molar-refractivity contribution in [1.82, 2.24) is 4.98 Å². The van der Waals surface area contributed by atoms with Crippen molar-refractivity contribution in [2.24, 2.45) is 17.6 Å². The van der Waals surface area contributed by atoms with Crippen LogP contribution in [0.1, 0.15) is 31.2 Å². The first-order valence-electron chi connectivity index (χ1n) is 6.87. The Hall–Kier alpha value is -1.30. The van der Waals surface area contributed by atoms with Crippen LogP contribution in [0.25, 0.3) is 0 Å². The highest BCUT2D eigenvalue weighted by Gasteiger charge is 2.31. The molecule has 6 heteroatoms. The third-order valence-corrected chi connectivity index (χ3v) is 3.88. The lowest BCUT2D eigenvalue weighted by atomic mass is 9.80. The number of ether oxygens (including phenoxy) is 1. The zero-order valence-corrected chi connectivity index (χ0v) is 11.2. The van der Waals surface area contributed by atoms with Gasteiger partial charge in [0.25, 0.3) is 0 Å². The maximum absolute atomic E-state index is 12.4. The number of alkyl halides is 3. The minimum absolute atomic E-state index is 0.236. The number of nitrogens with two attached hydrogens (primary N) is 1. The van der Waals surface area contributed by atoms with E-state index in [4.69, 9.17) is 10.5 Å². The fraction of sp³-hybridized carbons (Fsp3) is 0.643. The summed E-state index contributed by atoms with van der Waals surface area (Å²) in [6.07, 6.45) is 0.950. The molecule has 0 radical (unpaired) electrons. The molecule has 1 saturated carbocycles. The molecule has 0 spiro atoms. The number of halogens is 3. The van der Waals surface area contributed by atoms with Crippen molar-refractivity contribution in [3.05, 3.63) is 23.9 Å². The van der Waals surface area contributed by atoms with Gasteiger partial charge in [0, 0.05) is 12.3 Å². The molecule has 0 saturated heterocycles. The van der Waals surface area contributed by atoms with Gasteiger partial charge < -0.3 is 10.5 Å². The second-order valence-corrected chi connectivity index (χ2v) is 5.23. The summed E-state index contributed by atoms with van der Waals surface area (Å²) in [6.45, 7) is 1.11. The average molecular weight is 288 g/mol. The van der Waals surface area contributed by atoms with E-state index in [0.29, 0.717) is 25.0 Å². The molecule has 1 aliphatic rings. The monoisotopic (exact) mass is 288 g/mol. The normalized spacial score (nSPS) is 23.6. The van der Waals surface area contributed by atoms with Gasteiger partial charge in [0.1, 0.15) is 0 Å². The van der Waals surface area contributed by atoms with Crippen LogP contribution in [0.5, 0.6) is 5.88 Å². The van der Waals surface area contributed by atoms with Crippen molar-refractivity contribution in [2.75, 3.05) is 13.2 Å². The second-order valence-electron chi connectivity index (χ2n) is 5.23. The summed E-state index contributed by atoms with van der Waals surface area (Å²) in [5, 5.41) is 0. The number of rotatable bonds is 4. The smallest absolute Gasteiger partial charge is 0.417 e. The quantitative estimate of drug-likeness (QED) is 0.925. The maximum Gasteiger partial charge on any atom is 0.417 e. The number of hydrogen-bond donors (Lipinski definition) is 1. The standard InChI is InChI=1S/C14H19F3N2O/c15-14(16,17)12-5-6-13(19-8-12)20-9-11-4-2-1-3-10(11)7-18/h5-6,8,10-11H,1-4,7,9,18H2. The predicted octanol–water partition coefficient (Wildman–Crippen LogP) is 3.24. The van der Waals surface area contributed by atoms with Gasteiger partial charge in [-0.15, -0.1) is 0 Å². The molecule has 2 rings (SSSR count). The highest BCUT2D eigenvalue weighted by molar-refractivity contribution is 5.20. The third kappa shape index (κ3) is 3.85. The van der Waals surface area contributed by atoms with E-state index in [9.17, 15) is 13.2 Å². The molecule has 1 aromatic heterocycles. The van der Waals surface area contributed by atoms with Crippen molar-refractivity contribution in [2.45, 2.75) is 31.9 Å². The Morgan fingerprint density at radius 2 is 1.90 bits per heavy atom. The SMILES string of the molecule is NCC1CCCCC1COc1ccc(C(F)(F)F)cn1. The Balaban J connectivity index is 1.90. The van der Waals surface area contributed by atoms with E-state index in [-0.39, 0.29) is 5.88 Å². The van der Waals surface area contributed by atoms with Crippen molar-refractivity contribution < 1.29 is 17.9 Å². The van der Waals surface area contributed by atoms with Gasteiger partial charge in [0.05, 0.1) is 12.2 Å². The summed E-state index contributed by atoms with van der Waals surface area (Å²) in [5.41, 5.74) is 4.97. The minimum Gasteiger partial charge on any atom is -0.477 e. The molecule has 1 aliphatic carbocycles. The summed E-state index contributed by atoms with van der Waals surface area (Å²) in [5.74, 6) is 1.05. The second kappa shape index (κ2) is 6.43. The van der Waals surface area contributed by atoms with Crippen LogP contribution in [0.15, 0.2) is 18.3 Å². The zero-order valence-electron chi connectivity index (χ0n) is 11.2. The van der Waals surface area contributed by atoms with Crippen LogP contribution >= 0.6 is 0 Å². The average Bonchev–Trinajstić information content (AvgIpc) is 2.45. The zero-order chi connectivity index (χ0) is 14.6. The van der Waals surface area contributed by atoms with E-state index in [1.54, 1.807) is 0 Å². The molecule has 0 aromatic carbocycles. The minimum atomic E-state index is -4.36. The number of pyridine rings is 1. The summed E-state index contributed by atoms with van der Waals surface area (Å²) < 4.78 is 42.7. The topological polar surface area (TPSA) is 48.1 Å². The van der Waals surface area contributed by atoms with Gasteiger partial charge in [-0.2, -0.15) is 13.2 Å². The molecule has 1 fully saturated rings. The first-order chi connectivity index (χ1) is 9.50. The Bertz CT molecular complexity index is 419. The third-order valence-electron chi connectivity index (χ3n) is 3.88. The number of aromatic nitrogens is 1.